The molecular formula is C9H14ClNO2. The number of carbonyl (C=O) groups excluding carboxylic acids is 1. The molecule has 4 heteroatoms. The molecule has 1 amide bonds. The number of amides is 1. The highest BCUT2D eigenvalue weighted by molar-refractivity contribution is 6.18. The lowest BCUT2D eigenvalue weighted by Gasteiger charge is -2.16. The van der Waals surface area contributed by atoms with Gasteiger partial charge in [-0.1, -0.05) is 0 Å². The van der Waals surface area contributed by atoms with Crippen LogP contribution in [0.25, 0.3) is 0 Å². The summed E-state index contributed by atoms with van der Waals surface area (Å²) < 4.78 is 5.34. The first-order chi connectivity index (χ1) is 6.31. The number of rotatable bonds is 2. The van der Waals surface area contributed by atoms with Gasteiger partial charge in [0.1, 0.15) is 0 Å². The van der Waals surface area contributed by atoms with E-state index in [1.807, 2.05) is 4.90 Å². The molecule has 2 aliphatic rings. The monoisotopic (exact) mass is 203 g/mol. The number of ether oxygens (including phenoxy) is 1. The van der Waals surface area contributed by atoms with Crippen LogP contribution in [0.5, 0.6) is 0 Å². The Bertz CT molecular complexity index is 198. The van der Waals surface area contributed by atoms with Crippen molar-refractivity contribution in [1.29, 1.82) is 0 Å². The molecule has 2 saturated heterocycles. The van der Waals surface area contributed by atoms with Crippen molar-refractivity contribution in [2.75, 3.05) is 32.2 Å². The number of fused-ring (bicyclic) bond motifs is 1. The van der Waals surface area contributed by atoms with E-state index in [2.05, 4.69) is 0 Å². The fourth-order valence-electron chi connectivity index (χ4n) is 2.13. The molecule has 0 aliphatic carbocycles. The first-order valence-electron chi connectivity index (χ1n) is 4.72. The van der Waals surface area contributed by atoms with Crippen LogP contribution in [0.4, 0.5) is 0 Å². The van der Waals surface area contributed by atoms with Gasteiger partial charge in [0, 0.05) is 37.2 Å². The van der Waals surface area contributed by atoms with Crippen molar-refractivity contribution in [3.63, 3.8) is 0 Å². The zero-order chi connectivity index (χ0) is 9.26. The normalized spacial score (nSPS) is 32.2. The van der Waals surface area contributed by atoms with Crippen LogP contribution in [0.15, 0.2) is 0 Å². The number of hydrogen-bond donors (Lipinski definition) is 0. The van der Waals surface area contributed by atoms with E-state index in [0.717, 1.165) is 26.3 Å². The van der Waals surface area contributed by atoms with Crippen molar-refractivity contribution in [1.82, 2.24) is 4.90 Å². The molecule has 0 aromatic rings. The highest BCUT2D eigenvalue weighted by Crippen LogP contribution is 2.29. The molecule has 0 bridgehead atoms. The van der Waals surface area contributed by atoms with Crippen molar-refractivity contribution >= 4 is 17.5 Å². The van der Waals surface area contributed by atoms with Crippen LogP contribution in [0, 0.1) is 11.8 Å². The molecule has 2 fully saturated rings. The fraction of sp³-hybridized carbons (Fsp3) is 0.889. The van der Waals surface area contributed by atoms with Gasteiger partial charge in [0.05, 0.1) is 13.2 Å². The van der Waals surface area contributed by atoms with Gasteiger partial charge in [0.25, 0.3) is 0 Å². The molecule has 74 valence electrons. The Kier molecular flexibility index (Phi) is 2.74. The van der Waals surface area contributed by atoms with Crippen molar-refractivity contribution in [3.05, 3.63) is 0 Å². The second-order valence-corrected chi connectivity index (χ2v) is 4.17. The summed E-state index contributed by atoms with van der Waals surface area (Å²) in [6, 6.07) is 0. The van der Waals surface area contributed by atoms with Crippen molar-refractivity contribution < 1.29 is 9.53 Å². The van der Waals surface area contributed by atoms with Gasteiger partial charge in [0.15, 0.2) is 0 Å². The zero-order valence-corrected chi connectivity index (χ0v) is 8.29. The molecule has 3 nitrogen and oxygen atoms in total. The molecule has 0 spiro atoms. The van der Waals surface area contributed by atoms with Gasteiger partial charge in [-0.2, -0.15) is 0 Å². The summed E-state index contributed by atoms with van der Waals surface area (Å²) in [6.45, 7) is 3.41. The molecule has 13 heavy (non-hydrogen) atoms. The summed E-state index contributed by atoms with van der Waals surface area (Å²) in [5.41, 5.74) is 0. The highest BCUT2D eigenvalue weighted by Gasteiger charge is 2.38. The third kappa shape index (κ3) is 1.81. The summed E-state index contributed by atoms with van der Waals surface area (Å²) in [5.74, 6) is 1.80. The van der Waals surface area contributed by atoms with Crippen LogP contribution in [-0.4, -0.2) is 43.0 Å². The second kappa shape index (κ2) is 3.84. The topological polar surface area (TPSA) is 29.5 Å². The van der Waals surface area contributed by atoms with Crippen LogP contribution in [0.1, 0.15) is 6.42 Å². The highest BCUT2D eigenvalue weighted by atomic mass is 35.5. The summed E-state index contributed by atoms with van der Waals surface area (Å²) in [7, 11) is 0. The van der Waals surface area contributed by atoms with Crippen molar-refractivity contribution in [3.8, 4) is 0 Å². The van der Waals surface area contributed by atoms with E-state index in [9.17, 15) is 4.79 Å². The standard InChI is InChI=1S/C9H14ClNO2/c10-2-1-9(12)11-3-7-5-13-6-8(7)4-11/h7-8H,1-6H2/t7-,8-/m0/s1. The van der Waals surface area contributed by atoms with Crippen LogP contribution in [-0.2, 0) is 9.53 Å². The van der Waals surface area contributed by atoms with E-state index in [1.165, 1.54) is 0 Å². The lowest BCUT2D eigenvalue weighted by atomic mass is 10.0. The number of alkyl halides is 1. The number of likely N-dealkylation sites (tertiary alicyclic amines) is 1. The molecule has 2 rings (SSSR count). The first kappa shape index (κ1) is 9.28. The average molecular weight is 204 g/mol. The Hall–Kier alpha value is -0.280. The quantitative estimate of drug-likeness (QED) is 0.619. The van der Waals surface area contributed by atoms with Crippen LogP contribution >= 0.6 is 11.6 Å². The molecule has 0 radical (unpaired) electrons. The molecule has 2 atom stereocenters. The maximum absolute atomic E-state index is 11.5. The minimum Gasteiger partial charge on any atom is -0.381 e. The van der Waals surface area contributed by atoms with Gasteiger partial charge in [-0.3, -0.25) is 4.79 Å². The Labute approximate surface area is 83.0 Å². The Morgan fingerprint density at radius 3 is 2.54 bits per heavy atom. The van der Waals surface area contributed by atoms with Gasteiger partial charge in [-0.15, -0.1) is 11.6 Å². The van der Waals surface area contributed by atoms with E-state index >= 15 is 0 Å². The summed E-state index contributed by atoms with van der Waals surface area (Å²) in [6.07, 6.45) is 0.474. The third-order valence-electron chi connectivity index (χ3n) is 2.90. The van der Waals surface area contributed by atoms with Gasteiger partial charge in [0.2, 0.25) is 5.91 Å². The maximum Gasteiger partial charge on any atom is 0.223 e. The second-order valence-electron chi connectivity index (χ2n) is 3.80. The fourth-order valence-corrected chi connectivity index (χ4v) is 2.29. The third-order valence-corrected chi connectivity index (χ3v) is 3.09. The largest absolute Gasteiger partial charge is 0.381 e. The van der Waals surface area contributed by atoms with Crippen LogP contribution in [0.2, 0.25) is 0 Å². The molecule has 0 N–H and O–H groups in total. The number of nitrogens with zero attached hydrogens (tertiary/aromatic N) is 1. The SMILES string of the molecule is O=C(CCCl)N1C[C@H]2COC[C@@H]2C1. The first-order valence-corrected chi connectivity index (χ1v) is 5.26. The molecule has 0 aromatic carbocycles. The molecule has 0 aromatic heterocycles. The van der Waals surface area contributed by atoms with E-state index in [0.29, 0.717) is 24.1 Å². The van der Waals surface area contributed by atoms with Crippen molar-refractivity contribution in [2.24, 2.45) is 11.8 Å². The van der Waals surface area contributed by atoms with Gasteiger partial charge in [-0.05, 0) is 0 Å². The molecule has 2 aliphatic heterocycles. The minimum absolute atomic E-state index is 0.199. The van der Waals surface area contributed by atoms with Crippen LogP contribution < -0.4 is 0 Å². The zero-order valence-electron chi connectivity index (χ0n) is 7.54. The Morgan fingerprint density at radius 1 is 1.38 bits per heavy atom. The lowest BCUT2D eigenvalue weighted by Crippen LogP contribution is -2.30. The smallest absolute Gasteiger partial charge is 0.223 e. The number of carbonyl (C=O) groups is 1. The predicted octanol–water partition coefficient (Wildman–Crippen LogP) is 0.720. The van der Waals surface area contributed by atoms with E-state index in [4.69, 9.17) is 16.3 Å². The molecule has 0 unspecified atom stereocenters. The average Bonchev–Trinajstić information content (AvgIpc) is 2.61. The number of halogens is 1. The van der Waals surface area contributed by atoms with Crippen molar-refractivity contribution in [2.45, 2.75) is 6.42 Å². The van der Waals surface area contributed by atoms with E-state index < -0.39 is 0 Å². The number of hydrogen-bond acceptors (Lipinski definition) is 2. The van der Waals surface area contributed by atoms with Gasteiger partial charge < -0.3 is 9.64 Å². The minimum atomic E-state index is 0.199. The van der Waals surface area contributed by atoms with Crippen LogP contribution in [0.3, 0.4) is 0 Å². The summed E-state index contributed by atoms with van der Waals surface area (Å²) in [4.78, 5) is 13.4. The lowest BCUT2D eigenvalue weighted by molar-refractivity contribution is -0.130. The Balaban J connectivity index is 1.87. The van der Waals surface area contributed by atoms with E-state index in [-0.39, 0.29) is 5.91 Å². The van der Waals surface area contributed by atoms with E-state index in [1.54, 1.807) is 0 Å². The molecule has 0 saturated carbocycles. The predicted molar refractivity (Wildman–Crippen MR) is 49.7 cm³/mol. The van der Waals surface area contributed by atoms with Gasteiger partial charge in [-0.25, -0.2) is 0 Å². The maximum atomic E-state index is 11.5. The molecular weight excluding hydrogens is 190 g/mol. The summed E-state index contributed by atoms with van der Waals surface area (Å²) in [5, 5.41) is 0. The van der Waals surface area contributed by atoms with Gasteiger partial charge >= 0.3 is 0 Å². The molecule has 2 heterocycles. The Morgan fingerprint density at radius 2 is 2.00 bits per heavy atom. The summed E-state index contributed by atoms with van der Waals surface area (Å²) >= 11 is 5.52.